The Bertz CT molecular complexity index is 405. The molecule has 0 aliphatic carbocycles. The number of rotatable bonds is 4. The third-order valence-corrected chi connectivity index (χ3v) is 2.55. The van der Waals surface area contributed by atoms with Crippen molar-refractivity contribution in [1.29, 1.82) is 0 Å². The third-order valence-electron chi connectivity index (χ3n) is 2.55. The topological polar surface area (TPSA) is 72.5 Å². The van der Waals surface area contributed by atoms with Crippen molar-refractivity contribution in [3.8, 4) is 5.88 Å². The molecule has 0 spiro atoms. The molecule has 6 nitrogen and oxygen atoms in total. The van der Waals surface area contributed by atoms with E-state index in [1.165, 1.54) is 0 Å². The highest BCUT2D eigenvalue weighted by Gasteiger charge is 2.22. The molecule has 0 saturated carbocycles. The van der Waals surface area contributed by atoms with Crippen molar-refractivity contribution in [3.63, 3.8) is 0 Å². The molecule has 2 N–H and O–H groups in total. The first-order chi connectivity index (χ1) is 8.81. The van der Waals surface area contributed by atoms with Gasteiger partial charge in [0.25, 0.3) is 0 Å². The van der Waals surface area contributed by atoms with Crippen LogP contribution in [0.15, 0.2) is 18.3 Å². The maximum atomic E-state index is 12.0. The summed E-state index contributed by atoms with van der Waals surface area (Å²) >= 11 is 0. The van der Waals surface area contributed by atoms with Gasteiger partial charge < -0.3 is 20.1 Å². The van der Waals surface area contributed by atoms with Gasteiger partial charge in [-0.05, 0) is 19.1 Å². The van der Waals surface area contributed by atoms with Gasteiger partial charge >= 0.3 is 0 Å². The second-order valence-electron chi connectivity index (χ2n) is 3.86. The van der Waals surface area contributed by atoms with Gasteiger partial charge in [0.05, 0.1) is 19.8 Å². The van der Waals surface area contributed by atoms with Crippen molar-refractivity contribution in [3.05, 3.63) is 18.3 Å². The highest BCUT2D eigenvalue weighted by atomic mass is 16.5. The van der Waals surface area contributed by atoms with Gasteiger partial charge in [-0.1, -0.05) is 0 Å². The number of ether oxygens (including phenoxy) is 2. The minimum atomic E-state index is -0.326. The van der Waals surface area contributed by atoms with Crippen LogP contribution in [-0.2, 0) is 9.53 Å². The molecule has 0 aromatic carbocycles. The first kappa shape index (κ1) is 12.8. The largest absolute Gasteiger partial charge is 0.476 e. The number of nitrogens with zero attached hydrogens (tertiary/aromatic N) is 1. The van der Waals surface area contributed by atoms with E-state index < -0.39 is 0 Å². The van der Waals surface area contributed by atoms with E-state index in [1.807, 2.05) is 6.92 Å². The Kier molecular flexibility index (Phi) is 4.49. The average molecular weight is 251 g/mol. The van der Waals surface area contributed by atoms with Crippen molar-refractivity contribution in [2.24, 2.45) is 0 Å². The van der Waals surface area contributed by atoms with Crippen LogP contribution in [-0.4, -0.2) is 43.3 Å². The molecule has 2 rings (SSSR count). The lowest BCUT2D eigenvalue weighted by atomic mass is 10.2. The zero-order chi connectivity index (χ0) is 12.8. The third kappa shape index (κ3) is 3.18. The quantitative estimate of drug-likeness (QED) is 0.810. The summed E-state index contributed by atoms with van der Waals surface area (Å²) in [5, 5.41) is 5.89. The van der Waals surface area contributed by atoms with Gasteiger partial charge in [-0.25, -0.2) is 4.98 Å². The number of morpholine rings is 1. The average Bonchev–Trinajstić information content (AvgIpc) is 2.42. The Labute approximate surface area is 106 Å². The van der Waals surface area contributed by atoms with Crippen LogP contribution in [0, 0.1) is 0 Å². The molecular weight excluding hydrogens is 234 g/mol. The summed E-state index contributed by atoms with van der Waals surface area (Å²) in [5.74, 6) is 0.300. The molecule has 1 aliphatic rings. The van der Waals surface area contributed by atoms with Gasteiger partial charge in [0.1, 0.15) is 11.7 Å². The molecule has 0 radical (unpaired) electrons. The van der Waals surface area contributed by atoms with E-state index in [4.69, 9.17) is 9.47 Å². The van der Waals surface area contributed by atoms with E-state index in [0.717, 1.165) is 0 Å². The molecule has 1 aliphatic heterocycles. The van der Waals surface area contributed by atoms with Gasteiger partial charge in [0.15, 0.2) is 0 Å². The summed E-state index contributed by atoms with van der Waals surface area (Å²) in [6.45, 7) is 4.09. The highest BCUT2D eigenvalue weighted by molar-refractivity contribution is 5.95. The van der Waals surface area contributed by atoms with Crippen molar-refractivity contribution in [2.75, 3.05) is 31.7 Å². The predicted octanol–water partition coefficient (Wildman–Crippen LogP) is 0.407. The van der Waals surface area contributed by atoms with Gasteiger partial charge in [-0.15, -0.1) is 0 Å². The van der Waals surface area contributed by atoms with Crippen LogP contribution in [0.4, 0.5) is 5.69 Å². The molecule has 98 valence electrons. The number of nitrogens with one attached hydrogen (secondary N) is 2. The Morgan fingerprint density at radius 1 is 1.72 bits per heavy atom. The lowest BCUT2D eigenvalue weighted by Gasteiger charge is -2.23. The number of amides is 1. The summed E-state index contributed by atoms with van der Waals surface area (Å²) in [7, 11) is 0. The van der Waals surface area contributed by atoms with Gasteiger partial charge in [-0.3, -0.25) is 4.79 Å². The maximum absolute atomic E-state index is 12.0. The number of hydrogen-bond donors (Lipinski definition) is 2. The van der Waals surface area contributed by atoms with Crippen LogP contribution in [0.3, 0.4) is 0 Å². The minimum Gasteiger partial charge on any atom is -0.476 e. The van der Waals surface area contributed by atoms with Gasteiger partial charge in [0, 0.05) is 12.7 Å². The van der Waals surface area contributed by atoms with E-state index in [0.29, 0.717) is 37.9 Å². The Morgan fingerprint density at radius 3 is 3.33 bits per heavy atom. The van der Waals surface area contributed by atoms with Gasteiger partial charge in [0.2, 0.25) is 11.8 Å². The second-order valence-corrected chi connectivity index (χ2v) is 3.86. The second kappa shape index (κ2) is 6.32. The lowest BCUT2D eigenvalue weighted by molar-refractivity contribution is -0.120. The molecule has 1 atom stereocenters. The van der Waals surface area contributed by atoms with Crippen molar-refractivity contribution in [1.82, 2.24) is 10.3 Å². The molecule has 1 saturated heterocycles. The molecule has 1 amide bonds. The van der Waals surface area contributed by atoms with Gasteiger partial charge in [-0.2, -0.15) is 0 Å². The zero-order valence-electron chi connectivity index (χ0n) is 10.3. The Morgan fingerprint density at radius 2 is 2.61 bits per heavy atom. The standard InChI is InChI=1S/C12H17N3O3/c1-2-18-12-9(4-3-5-14-12)15-11(16)10-8-17-7-6-13-10/h3-5,10,13H,2,6-8H2,1H3,(H,15,16). The number of aromatic nitrogens is 1. The lowest BCUT2D eigenvalue weighted by Crippen LogP contribution is -2.48. The fourth-order valence-electron chi connectivity index (χ4n) is 1.69. The molecule has 2 heterocycles. The van der Waals surface area contributed by atoms with Crippen molar-refractivity contribution < 1.29 is 14.3 Å². The minimum absolute atomic E-state index is 0.136. The number of anilines is 1. The molecule has 0 bridgehead atoms. The van der Waals surface area contributed by atoms with Crippen LogP contribution in [0.1, 0.15) is 6.92 Å². The SMILES string of the molecule is CCOc1ncccc1NC(=O)C1COCCN1. The van der Waals surface area contributed by atoms with Crippen LogP contribution in [0.5, 0.6) is 5.88 Å². The first-order valence-corrected chi connectivity index (χ1v) is 6.01. The maximum Gasteiger partial charge on any atom is 0.244 e. The first-order valence-electron chi connectivity index (χ1n) is 6.01. The molecule has 1 fully saturated rings. The Balaban J connectivity index is 2.01. The summed E-state index contributed by atoms with van der Waals surface area (Å²) < 4.78 is 10.6. The molecule has 6 heteroatoms. The monoisotopic (exact) mass is 251 g/mol. The molecule has 1 aromatic heterocycles. The molecule has 1 aromatic rings. The normalized spacial score (nSPS) is 19.3. The van der Waals surface area contributed by atoms with E-state index in [2.05, 4.69) is 15.6 Å². The fourth-order valence-corrected chi connectivity index (χ4v) is 1.69. The summed E-state index contributed by atoms with van der Waals surface area (Å²) in [6, 6.07) is 3.19. The van der Waals surface area contributed by atoms with Crippen molar-refractivity contribution >= 4 is 11.6 Å². The van der Waals surface area contributed by atoms with Crippen molar-refractivity contribution in [2.45, 2.75) is 13.0 Å². The fraction of sp³-hybridized carbons (Fsp3) is 0.500. The van der Waals surface area contributed by atoms with E-state index in [-0.39, 0.29) is 11.9 Å². The summed E-state index contributed by atoms with van der Waals surface area (Å²) in [5.41, 5.74) is 0.580. The number of pyridine rings is 1. The highest BCUT2D eigenvalue weighted by Crippen LogP contribution is 2.20. The van der Waals surface area contributed by atoms with E-state index in [9.17, 15) is 4.79 Å². The summed E-state index contributed by atoms with van der Waals surface area (Å²) in [4.78, 5) is 16.1. The molecule has 18 heavy (non-hydrogen) atoms. The van der Waals surface area contributed by atoms with Crippen LogP contribution in [0.25, 0.3) is 0 Å². The summed E-state index contributed by atoms with van der Waals surface area (Å²) in [6.07, 6.45) is 1.63. The van der Waals surface area contributed by atoms with E-state index >= 15 is 0 Å². The predicted molar refractivity (Wildman–Crippen MR) is 66.6 cm³/mol. The Hall–Kier alpha value is -1.66. The number of hydrogen-bond acceptors (Lipinski definition) is 5. The van der Waals surface area contributed by atoms with Crippen LogP contribution in [0.2, 0.25) is 0 Å². The molecule has 1 unspecified atom stereocenters. The smallest absolute Gasteiger partial charge is 0.244 e. The number of carbonyl (C=O) groups is 1. The van der Waals surface area contributed by atoms with Crippen LogP contribution >= 0.6 is 0 Å². The van der Waals surface area contributed by atoms with E-state index in [1.54, 1.807) is 18.3 Å². The van der Waals surface area contributed by atoms with Crippen LogP contribution < -0.4 is 15.4 Å². The number of carbonyl (C=O) groups excluding carboxylic acids is 1. The molecular formula is C12H17N3O3. The zero-order valence-corrected chi connectivity index (χ0v) is 10.3.